The van der Waals surface area contributed by atoms with E-state index < -0.39 is 0 Å². The summed E-state index contributed by atoms with van der Waals surface area (Å²) in [5.74, 6) is 0.974. The summed E-state index contributed by atoms with van der Waals surface area (Å²) in [5, 5.41) is 9.34. The van der Waals surface area contributed by atoms with E-state index in [9.17, 15) is 0 Å². The summed E-state index contributed by atoms with van der Waals surface area (Å²) in [7, 11) is 0. The van der Waals surface area contributed by atoms with E-state index in [4.69, 9.17) is 22.3 Å². The van der Waals surface area contributed by atoms with Gasteiger partial charge in [0.05, 0.1) is 16.8 Å². The van der Waals surface area contributed by atoms with E-state index in [0.717, 1.165) is 22.5 Å². The number of nitrogen functional groups attached to an aromatic ring is 1. The van der Waals surface area contributed by atoms with Crippen LogP contribution in [0.3, 0.4) is 0 Å². The second-order valence-electron chi connectivity index (χ2n) is 7.07. The Labute approximate surface area is 184 Å². The lowest BCUT2D eigenvalue weighted by Crippen LogP contribution is -2.05. The minimum absolute atomic E-state index is 0.478. The average Bonchev–Trinajstić information content (AvgIpc) is 3.15. The van der Waals surface area contributed by atoms with Gasteiger partial charge in [-0.3, -0.25) is 0 Å². The predicted octanol–water partition coefficient (Wildman–Crippen LogP) is 5.33. The maximum Gasteiger partial charge on any atom is 0.225 e. The van der Waals surface area contributed by atoms with E-state index in [1.165, 1.54) is 0 Å². The van der Waals surface area contributed by atoms with Crippen molar-refractivity contribution in [3.05, 3.63) is 95.5 Å². The quantitative estimate of drug-likeness (QED) is 0.397. The molecule has 3 N–H and O–H groups in total. The molecule has 0 bridgehead atoms. The van der Waals surface area contributed by atoms with Crippen molar-refractivity contribution in [3.8, 4) is 16.9 Å². The fraction of sp³-hybridized carbons (Fsp3) is 0.0417. The number of halogens is 1. The molecule has 0 spiro atoms. The maximum atomic E-state index is 6.53. The molecule has 152 valence electrons. The number of anilines is 2. The molecule has 5 aromatic rings. The van der Waals surface area contributed by atoms with Crippen LogP contribution in [0.5, 0.6) is 0 Å². The van der Waals surface area contributed by atoms with Gasteiger partial charge in [-0.2, -0.15) is 4.98 Å². The van der Waals surface area contributed by atoms with Crippen molar-refractivity contribution < 1.29 is 0 Å². The van der Waals surface area contributed by atoms with Gasteiger partial charge >= 0.3 is 0 Å². The molecule has 0 radical (unpaired) electrons. The van der Waals surface area contributed by atoms with Crippen LogP contribution in [0, 0.1) is 0 Å². The number of fused-ring (bicyclic) bond motifs is 1. The van der Waals surface area contributed by atoms with Crippen molar-refractivity contribution in [2.45, 2.75) is 6.54 Å². The number of aromatic nitrogens is 4. The van der Waals surface area contributed by atoms with Crippen LogP contribution in [0.2, 0.25) is 5.02 Å². The van der Waals surface area contributed by atoms with Crippen LogP contribution in [0.1, 0.15) is 5.56 Å². The Bertz CT molecular complexity index is 1330. The van der Waals surface area contributed by atoms with Gasteiger partial charge in [0.1, 0.15) is 5.82 Å². The zero-order valence-electron chi connectivity index (χ0n) is 16.5. The van der Waals surface area contributed by atoms with Crippen molar-refractivity contribution in [2.75, 3.05) is 11.1 Å². The molecule has 0 unspecified atom stereocenters. The molecule has 2 aromatic heterocycles. The van der Waals surface area contributed by atoms with Crippen LogP contribution in [0.15, 0.2) is 84.9 Å². The average molecular weight is 427 g/mol. The molecule has 0 aliphatic rings. The van der Waals surface area contributed by atoms with Gasteiger partial charge in [-0.15, -0.1) is 5.10 Å². The van der Waals surface area contributed by atoms with Crippen LogP contribution < -0.4 is 11.1 Å². The number of hydrogen-bond donors (Lipinski definition) is 2. The second kappa shape index (κ2) is 8.08. The summed E-state index contributed by atoms with van der Waals surface area (Å²) in [4.78, 5) is 9.43. The Hall–Kier alpha value is -3.90. The van der Waals surface area contributed by atoms with Gasteiger partial charge in [0.25, 0.3) is 0 Å². The lowest BCUT2D eigenvalue weighted by Gasteiger charge is -2.09. The zero-order valence-corrected chi connectivity index (χ0v) is 17.3. The Morgan fingerprint density at radius 3 is 2.23 bits per heavy atom. The summed E-state index contributed by atoms with van der Waals surface area (Å²) in [6, 6.07) is 27.4. The van der Waals surface area contributed by atoms with Crippen molar-refractivity contribution in [1.82, 2.24) is 19.7 Å². The van der Waals surface area contributed by atoms with Crippen LogP contribution >= 0.6 is 11.6 Å². The highest BCUT2D eigenvalue weighted by molar-refractivity contribution is 6.30. The molecule has 0 saturated heterocycles. The van der Waals surface area contributed by atoms with E-state index >= 15 is 0 Å². The standard InChI is InChI=1S/C24H19ClN6/c25-18-11-13-19(14-12-18)31-22(26)20-21(17-9-5-2-6-10-17)28-24(29-23(20)30-31)27-15-16-7-3-1-4-8-16/h1-14H,15,26H2,(H,27,29,30). The highest BCUT2D eigenvalue weighted by Gasteiger charge is 2.19. The molecule has 31 heavy (non-hydrogen) atoms. The summed E-state index contributed by atoms with van der Waals surface area (Å²) in [5.41, 5.74) is 10.7. The number of hydrogen-bond acceptors (Lipinski definition) is 5. The van der Waals surface area contributed by atoms with E-state index in [-0.39, 0.29) is 0 Å². The van der Waals surface area contributed by atoms with Crippen molar-refractivity contribution in [3.63, 3.8) is 0 Å². The molecule has 0 atom stereocenters. The monoisotopic (exact) mass is 426 g/mol. The van der Waals surface area contributed by atoms with E-state index in [2.05, 4.69) is 27.5 Å². The smallest absolute Gasteiger partial charge is 0.225 e. The van der Waals surface area contributed by atoms with E-state index in [0.29, 0.717) is 34.4 Å². The van der Waals surface area contributed by atoms with Gasteiger partial charge in [0.2, 0.25) is 5.95 Å². The molecule has 7 heteroatoms. The van der Waals surface area contributed by atoms with Gasteiger partial charge < -0.3 is 11.1 Å². The van der Waals surface area contributed by atoms with Gasteiger partial charge in [-0.25, -0.2) is 9.67 Å². The summed E-state index contributed by atoms with van der Waals surface area (Å²) < 4.78 is 1.67. The largest absolute Gasteiger partial charge is 0.383 e. The van der Waals surface area contributed by atoms with Gasteiger partial charge in [0.15, 0.2) is 5.65 Å². The predicted molar refractivity (Wildman–Crippen MR) is 125 cm³/mol. The first-order valence-electron chi connectivity index (χ1n) is 9.84. The van der Waals surface area contributed by atoms with Crippen molar-refractivity contribution in [2.24, 2.45) is 0 Å². The van der Waals surface area contributed by atoms with E-state index in [1.807, 2.05) is 60.7 Å². The molecular formula is C24H19ClN6. The highest BCUT2D eigenvalue weighted by Crippen LogP contribution is 2.33. The molecule has 0 saturated carbocycles. The number of rotatable bonds is 5. The van der Waals surface area contributed by atoms with Gasteiger partial charge in [-0.05, 0) is 29.8 Å². The number of nitrogens with zero attached hydrogens (tertiary/aromatic N) is 4. The molecule has 6 nitrogen and oxygen atoms in total. The first-order valence-corrected chi connectivity index (χ1v) is 10.2. The fourth-order valence-corrected chi connectivity index (χ4v) is 3.58. The second-order valence-corrected chi connectivity index (χ2v) is 7.51. The third-order valence-corrected chi connectivity index (χ3v) is 5.23. The fourth-order valence-electron chi connectivity index (χ4n) is 3.45. The molecular weight excluding hydrogens is 408 g/mol. The summed E-state index contributed by atoms with van der Waals surface area (Å²) >= 11 is 6.04. The first kappa shape index (κ1) is 19.1. The lowest BCUT2D eigenvalue weighted by molar-refractivity contribution is 0.899. The third-order valence-electron chi connectivity index (χ3n) is 4.98. The van der Waals surface area contributed by atoms with Crippen LogP contribution in [-0.4, -0.2) is 19.7 Å². The SMILES string of the molecule is Nc1c2c(-c3ccccc3)nc(NCc3ccccc3)nc2nn1-c1ccc(Cl)cc1. The summed E-state index contributed by atoms with van der Waals surface area (Å²) in [6.07, 6.45) is 0. The molecule has 0 fully saturated rings. The molecule has 2 heterocycles. The Morgan fingerprint density at radius 2 is 1.52 bits per heavy atom. The normalized spacial score (nSPS) is 11.0. The van der Waals surface area contributed by atoms with Gasteiger partial charge in [0, 0.05) is 17.1 Å². The summed E-state index contributed by atoms with van der Waals surface area (Å²) in [6.45, 7) is 0.605. The Morgan fingerprint density at radius 1 is 0.839 bits per heavy atom. The maximum absolute atomic E-state index is 6.53. The van der Waals surface area contributed by atoms with Crippen LogP contribution in [0.25, 0.3) is 28.0 Å². The minimum atomic E-state index is 0.478. The lowest BCUT2D eigenvalue weighted by atomic mass is 10.1. The van der Waals surface area contributed by atoms with Crippen LogP contribution in [0.4, 0.5) is 11.8 Å². The van der Waals surface area contributed by atoms with Crippen molar-refractivity contribution >= 4 is 34.4 Å². The van der Waals surface area contributed by atoms with Gasteiger partial charge in [-0.1, -0.05) is 72.3 Å². The first-order chi connectivity index (χ1) is 15.2. The van der Waals surface area contributed by atoms with E-state index in [1.54, 1.807) is 16.8 Å². The number of nitrogens with two attached hydrogens (primary N) is 1. The highest BCUT2D eigenvalue weighted by atomic mass is 35.5. The minimum Gasteiger partial charge on any atom is -0.383 e. The third kappa shape index (κ3) is 3.81. The number of benzene rings is 3. The molecule has 0 aliphatic heterocycles. The Balaban J connectivity index is 1.64. The van der Waals surface area contributed by atoms with Crippen LogP contribution in [-0.2, 0) is 6.54 Å². The van der Waals surface area contributed by atoms with Crippen molar-refractivity contribution in [1.29, 1.82) is 0 Å². The Kier molecular flexibility index (Phi) is 4.98. The zero-order chi connectivity index (χ0) is 21.2. The molecule has 3 aromatic carbocycles. The molecule has 0 amide bonds. The topological polar surface area (TPSA) is 81.7 Å². The number of nitrogens with one attached hydrogen (secondary N) is 1. The molecule has 5 rings (SSSR count). The molecule has 0 aliphatic carbocycles.